The van der Waals surface area contributed by atoms with E-state index in [0.29, 0.717) is 21.2 Å². The van der Waals surface area contributed by atoms with Crippen molar-refractivity contribution in [2.45, 2.75) is 42.8 Å². The Hall–Kier alpha value is -3.44. The predicted molar refractivity (Wildman–Crippen MR) is 136 cm³/mol. The molecular weight excluding hydrogens is 543 g/mol. The lowest BCUT2D eigenvalue weighted by atomic mass is 9.94. The average molecular weight is 564 g/mol. The summed E-state index contributed by atoms with van der Waals surface area (Å²) in [5.74, 6) is -2.05. The van der Waals surface area contributed by atoms with Gasteiger partial charge in [0.15, 0.2) is 5.69 Å². The third-order valence-corrected chi connectivity index (χ3v) is 8.04. The molecule has 0 unspecified atom stereocenters. The number of aromatic nitrogens is 1. The number of halogens is 4. The Balaban J connectivity index is 1.82. The first-order valence-electron chi connectivity index (χ1n) is 11.6. The molecule has 0 saturated carbocycles. The van der Waals surface area contributed by atoms with Crippen molar-refractivity contribution in [3.05, 3.63) is 92.4 Å². The molecule has 0 fully saturated rings. The summed E-state index contributed by atoms with van der Waals surface area (Å²) in [5, 5.41) is 1.95. The summed E-state index contributed by atoms with van der Waals surface area (Å²) < 4.78 is 48.3. The van der Waals surface area contributed by atoms with Crippen LogP contribution in [0.4, 0.5) is 13.2 Å². The van der Waals surface area contributed by atoms with Crippen molar-refractivity contribution in [3.63, 3.8) is 0 Å². The van der Waals surface area contributed by atoms with Crippen LogP contribution in [0.25, 0.3) is 0 Å². The molecule has 0 bridgehead atoms. The van der Waals surface area contributed by atoms with Crippen LogP contribution in [0.5, 0.6) is 5.75 Å². The zero-order valence-electron chi connectivity index (χ0n) is 20.2. The molecule has 0 aliphatic carbocycles. The minimum Gasteiger partial charge on any atom is -0.420 e. The van der Waals surface area contributed by atoms with Gasteiger partial charge in [0, 0.05) is 40.4 Å². The van der Waals surface area contributed by atoms with Gasteiger partial charge in [-0.05, 0) is 30.2 Å². The van der Waals surface area contributed by atoms with Crippen LogP contribution in [0.1, 0.15) is 47.1 Å². The number of carbonyl (C=O) groups is 2. The van der Waals surface area contributed by atoms with Gasteiger partial charge in [0.05, 0.1) is 0 Å². The highest BCUT2D eigenvalue weighted by Gasteiger charge is 2.48. The molecule has 198 valence electrons. The summed E-state index contributed by atoms with van der Waals surface area (Å²) in [6.45, 7) is 1.43. The number of amides is 1. The van der Waals surface area contributed by atoms with Gasteiger partial charge >= 0.3 is 12.1 Å². The molecule has 3 heterocycles. The van der Waals surface area contributed by atoms with Gasteiger partial charge in [-0.25, -0.2) is 0 Å². The smallest absolute Gasteiger partial charge is 0.408 e. The van der Waals surface area contributed by atoms with E-state index < -0.39 is 53.7 Å². The lowest BCUT2D eigenvalue weighted by molar-refractivity contribution is -0.173. The quantitative estimate of drug-likeness (QED) is 0.412. The summed E-state index contributed by atoms with van der Waals surface area (Å²) in [6.07, 6.45) is -3.46. The lowest BCUT2D eigenvalue weighted by Gasteiger charge is -2.46. The van der Waals surface area contributed by atoms with Crippen molar-refractivity contribution in [2.75, 3.05) is 11.7 Å². The molecule has 1 amide bonds. The molecule has 2 aliphatic rings. The first-order chi connectivity index (χ1) is 18.0. The second kappa shape index (κ2) is 9.70. The fourth-order valence-corrected chi connectivity index (χ4v) is 6.12. The van der Waals surface area contributed by atoms with Gasteiger partial charge in [-0.3, -0.25) is 24.1 Å². The van der Waals surface area contributed by atoms with Crippen LogP contribution in [0, 0.1) is 0 Å². The Morgan fingerprint density at radius 3 is 2.58 bits per heavy atom. The monoisotopic (exact) mass is 563 g/mol. The minimum absolute atomic E-state index is 0.403. The number of hydrogen-bond acceptors (Lipinski definition) is 6. The molecule has 5 rings (SSSR count). The molecule has 38 heavy (non-hydrogen) atoms. The zero-order chi connectivity index (χ0) is 27.4. The predicted octanol–water partition coefficient (Wildman–Crippen LogP) is 5.12. The van der Waals surface area contributed by atoms with E-state index in [9.17, 15) is 27.6 Å². The van der Waals surface area contributed by atoms with Crippen LogP contribution in [-0.4, -0.2) is 40.3 Å². The average Bonchev–Trinajstić information content (AvgIpc) is 3.03. The Bertz CT molecular complexity index is 1510. The molecule has 3 aromatic rings. The molecular formula is C26H21ClF3N3O4S. The molecule has 0 spiro atoms. The van der Waals surface area contributed by atoms with Gasteiger partial charge in [0.25, 0.3) is 5.91 Å². The second-order valence-corrected chi connectivity index (χ2v) is 10.3. The largest absolute Gasteiger partial charge is 0.420 e. The van der Waals surface area contributed by atoms with Crippen LogP contribution in [0.15, 0.2) is 64.4 Å². The normalized spacial score (nSPS) is 17.7. The van der Waals surface area contributed by atoms with Crippen molar-refractivity contribution in [1.29, 1.82) is 0 Å². The van der Waals surface area contributed by atoms with Gasteiger partial charge in [0.1, 0.15) is 18.8 Å². The van der Waals surface area contributed by atoms with Crippen molar-refractivity contribution in [1.82, 2.24) is 9.58 Å². The van der Waals surface area contributed by atoms with Crippen molar-refractivity contribution in [3.8, 4) is 5.75 Å². The Morgan fingerprint density at radius 2 is 1.87 bits per heavy atom. The molecule has 0 N–H and O–H groups in total. The fraction of sp³-hybridized carbons (Fsp3) is 0.269. The zero-order valence-corrected chi connectivity index (χ0v) is 21.7. The number of ether oxygens (including phenoxy) is 1. The number of benzene rings is 2. The van der Waals surface area contributed by atoms with Crippen LogP contribution in [0.3, 0.4) is 0 Å². The number of pyridine rings is 1. The first-order valence-corrected chi connectivity index (χ1v) is 12.9. The highest BCUT2D eigenvalue weighted by molar-refractivity contribution is 7.98. The fourth-order valence-electron chi connectivity index (χ4n) is 4.74. The summed E-state index contributed by atoms with van der Waals surface area (Å²) >= 11 is 8.28. The third-order valence-electron chi connectivity index (χ3n) is 6.57. The summed E-state index contributed by atoms with van der Waals surface area (Å²) in [7, 11) is 0. The number of esters is 1. The second-order valence-electron chi connectivity index (χ2n) is 8.91. The molecule has 0 radical (unpaired) electrons. The Kier molecular flexibility index (Phi) is 6.68. The molecule has 1 aromatic heterocycles. The van der Waals surface area contributed by atoms with E-state index in [4.69, 9.17) is 16.3 Å². The first kappa shape index (κ1) is 26.2. The number of thioether (sulfide) groups is 1. The van der Waals surface area contributed by atoms with E-state index >= 15 is 0 Å². The molecule has 2 aromatic carbocycles. The topological polar surface area (TPSA) is 71.8 Å². The summed E-state index contributed by atoms with van der Waals surface area (Å²) in [4.78, 5) is 39.6. The number of fused-ring (bicyclic) bond motifs is 3. The van der Waals surface area contributed by atoms with Crippen molar-refractivity contribution >= 4 is 35.2 Å². The van der Waals surface area contributed by atoms with Crippen LogP contribution < -0.4 is 15.2 Å². The number of rotatable bonds is 3. The van der Waals surface area contributed by atoms with Gasteiger partial charge in [-0.15, -0.1) is 11.8 Å². The Morgan fingerprint density at radius 1 is 1.13 bits per heavy atom. The lowest BCUT2D eigenvalue weighted by Crippen LogP contribution is -2.60. The number of nitrogens with zero attached hydrogens (tertiary/aromatic N) is 3. The van der Waals surface area contributed by atoms with E-state index in [1.54, 1.807) is 28.9 Å². The molecule has 0 saturated heterocycles. The van der Waals surface area contributed by atoms with E-state index in [1.165, 1.54) is 10.9 Å². The van der Waals surface area contributed by atoms with Crippen molar-refractivity contribution in [2.24, 2.45) is 0 Å². The van der Waals surface area contributed by atoms with Gasteiger partial charge < -0.3 is 9.64 Å². The number of carbonyl (C=O) groups excluding carboxylic acids is 2. The highest BCUT2D eigenvalue weighted by Crippen LogP contribution is 2.45. The SMILES string of the molecule is CC(=O)Oc1c2n(ccc1=O)N([C@@H]1c3ccccc3SCc3cccc(Cl)c31)CN([C@H](C)C(F)(F)F)C2=O. The van der Waals surface area contributed by atoms with Gasteiger partial charge in [-0.1, -0.05) is 41.9 Å². The van der Waals surface area contributed by atoms with Crippen LogP contribution >= 0.6 is 23.4 Å². The van der Waals surface area contributed by atoms with Gasteiger partial charge in [0.2, 0.25) is 11.2 Å². The van der Waals surface area contributed by atoms with Crippen LogP contribution in [-0.2, 0) is 10.5 Å². The van der Waals surface area contributed by atoms with E-state index in [2.05, 4.69) is 0 Å². The number of alkyl halides is 3. The van der Waals surface area contributed by atoms with E-state index in [0.717, 1.165) is 35.9 Å². The maximum Gasteiger partial charge on any atom is 0.408 e. The summed E-state index contributed by atoms with van der Waals surface area (Å²) in [5.41, 5.74) is 1.02. The minimum atomic E-state index is -4.76. The molecule has 7 nitrogen and oxygen atoms in total. The van der Waals surface area contributed by atoms with E-state index in [-0.39, 0.29) is 0 Å². The summed E-state index contributed by atoms with van der Waals surface area (Å²) in [6, 6.07) is 11.0. The standard InChI is InChI=1S/C26H21ClF3N3O4S/c1-14(26(28,29)30)31-13-33(32-11-10-19(35)24(37-15(2)34)23(32)25(31)36)22-17-7-3-4-9-20(17)38-12-16-6-5-8-18(27)21(16)22/h3-11,14,22H,12-13H2,1-2H3/t14-,22-/m1/s1. The molecule has 12 heteroatoms. The molecule has 2 atom stereocenters. The highest BCUT2D eigenvalue weighted by atomic mass is 35.5. The van der Waals surface area contributed by atoms with Crippen LogP contribution in [0.2, 0.25) is 5.02 Å². The maximum atomic E-state index is 14.0. The molecule has 2 aliphatic heterocycles. The maximum absolute atomic E-state index is 14.0. The third kappa shape index (κ3) is 4.43. The van der Waals surface area contributed by atoms with Gasteiger partial charge in [-0.2, -0.15) is 13.2 Å². The van der Waals surface area contributed by atoms with E-state index in [1.807, 2.05) is 30.3 Å². The Labute approximate surface area is 224 Å². The van der Waals surface area contributed by atoms with Crippen molar-refractivity contribution < 1.29 is 27.5 Å². The number of hydrogen-bond donors (Lipinski definition) is 0.